The molecule has 0 aromatic heterocycles. The van der Waals surface area contributed by atoms with Gasteiger partial charge in [-0.3, -0.25) is 4.79 Å². The van der Waals surface area contributed by atoms with Crippen molar-refractivity contribution in [2.75, 3.05) is 0 Å². The van der Waals surface area contributed by atoms with Crippen LogP contribution in [0.3, 0.4) is 0 Å². The molecule has 1 atom stereocenters. The second-order valence-corrected chi connectivity index (χ2v) is 4.21. The molecule has 1 amide bonds. The van der Waals surface area contributed by atoms with Crippen molar-refractivity contribution in [1.29, 1.82) is 0 Å². The lowest BCUT2D eigenvalue weighted by Gasteiger charge is -2.12. The first-order valence-corrected chi connectivity index (χ1v) is 6.07. The van der Waals surface area contributed by atoms with Gasteiger partial charge in [0.05, 0.1) is 0 Å². The fourth-order valence-electron chi connectivity index (χ4n) is 1.70. The number of hydrogen-bond acceptors (Lipinski definition) is 1. The maximum Gasteiger partial charge on any atom is 0.251 e. The highest BCUT2D eigenvalue weighted by molar-refractivity contribution is 5.94. The second kappa shape index (κ2) is 6.31. The SMILES string of the molecule is CCC[C@@H](C)NC(=O)c1ccc(CC)cc1. The van der Waals surface area contributed by atoms with Gasteiger partial charge in [0.15, 0.2) is 0 Å². The third kappa shape index (κ3) is 3.69. The van der Waals surface area contributed by atoms with Crippen LogP contribution in [0.25, 0.3) is 0 Å². The Labute approximate surface area is 98.1 Å². The maximum absolute atomic E-state index is 11.8. The summed E-state index contributed by atoms with van der Waals surface area (Å²) in [5.74, 6) is 0.0311. The predicted molar refractivity (Wildman–Crippen MR) is 67.7 cm³/mol. The highest BCUT2D eigenvalue weighted by atomic mass is 16.1. The topological polar surface area (TPSA) is 29.1 Å². The zero-order valence-electron chi connectivity index (χ0n) is 10.4. The lowest BCUT2D eigenvalue weighted by atomic mass is 10.1. The van der Waals surface area contributed by atoms with E-state index in [9.17, 15) is 4.79 Å². The van der Waals surface area contributed by atoms with Gasteiger partial charge in [0.1, 0.15) is 0 Å². The lowest BCUT2D eigenvalue weighted by Crippen LogP contribution is -2.32. The molecule has 0 aliphatic rings. The fourth-order valence-corrected chi connectivity index (χ4v) is 1.70. The number of nitrogens with one attached hydrogen (secondary N) is 1. The molecule has 0 spiro atoms. The molecule has 0 radical (unpaired) electrons. The summed E-state index contributed by atoms with van der Waals surface area (Å²) < 4.78 is 0. The van der Waals surface area contributed by atoms with E-state index < -0.39 is 0 Å². The van der Waals surface area contributed by atoms with E-state index in [1.165, 1.54) is 5.56 Å². The van der Waals surface area contributed by atoms with E-state index in [4.69, 9.17) is 0 Å². The van der Waals surface area contributed by atoms with Crippen molar-refractivity contribution in [2.45, 2.75) is 46.1 Å². The first-order valence-electron chi connectivity index (χ1n) is 6.07. The first-order chi connectivity index (χ1) is 7.67. The minimum Gasteiger partial charge on any atom is -0.350 e. The van der Waals surface area contributed by atoms with Crippen LogP contribution >= 0.6 is 0 Å². The molecule has 0 saturated heterocycles. The molecule has 1 aromatic rings. The second-order valence-electron chi connectivity index (χ2n) is 4.21. The van der Waals surface area contributed by atoms with Gasteiger partial charge in [-0.2, -0.15) is 0 Å². The normalized spacial score (nSPS) is 12.2. The minimum atomic E-state index is 0.0311. The summed E-state index contributed by atoms with van der Waals surface area (Å²) in [6.45, 7) is 6.28. The van der Waals surface area contributed by atoms with E-state index in [2.05, 4.69) is 19.2 Å². The van der Waals surface area contributed by atoms with Gasteiger partial charge in [0.2, 0.25) is 0 Å². The molecule has 2 heteroatoms. The Balaban J connectivity index is 2.59. The van der Waals surface area contributed by atoms with Crippen molar-refractivity contribution in [1.82, 2.24) is 5.32 Å². The molecule has 0 heterocycles. The van der Waals surface area contributed by atoms with E-state index in [0.717, 1.165) is 24.8 Å². The molecule has 0 aliphatic heterocycles. The number of carbonyl (C=O) groups is 1. The molecule has 88 valence electrons. The van der Waals surface area contributed by atoms with E-state index in [-0.39, 0.29) is 11.9 Å². The van der Waals surface area contributed by atoms with Gasteiger partial charge in [-0.15, -0.1) is 0 Å². The number of hydrogen-bond donors (Lipinski definition) is 1. The Bertz CT molecular complexity index is 329. The molecule has 0 unspecified atom stereocenters. The van der Waals surface area contributed by atoms with Crippen molar-refractivity contribution in [3.8, 4) is 0 Å². The number of rotatable bonds is 5. The molecule has 16 heavy (non-hydrogen) atoms. The first kappa shape index (κ1) is 12.8. The van der Waals surface area contributed by atoms with Gasteiger partial charge < -0.3 is 5.32 Å². The van der Waals surface area contributed by atoms with Crippen molar-refractivity contribution in [2.24, 2.45) is 0 Å². The zero-order valence-corrected chi connectivity index (χ0v) is 10.4. The molecule has 1 aromatic carbocycles. The van der Waals surface area contributed by atoms with Gasteiger partial charge >= 0.3 is 0 Å². The van der Waals surface area contributed by atoms with Crippen LogP contribution in [-0.4, -0.2) is 11.9 Å². The average molecular weight is 219 g/mol. The molecule has 1 rings (SSSR count). The molecular weight excluding hydrogens is 198 g/mol. The number of amides is 1. The third-order valence-corrected chi connectivity index (χ3v) is 2.72. The van der Waals surface area contributed by atoms with Gasteiger partial charge in [-0.05, 0) is 37.5 Å². The molecule has 1 N–H and O–H groups in total. The quantitative estimate of drug-likeness (QED) is 0.809. The largest absolute Gasteiger partial charge is 0.350 e. The summed E-state index contributed by atoms with van der Waals surface area (Å²) in [6.07, 6.45) is 3.13. The van der Waals surface area contributed by atoms with E-state index in [0.29, 0.717) is 0 Å². The van der Waals surface area contributed by atoms with Crippen LogP contribution in [0.1, 0.15) is 49.5 Å². The number of benzene rings is 1. The molecule has 2 nitrogen and oxygen atoms in total. The molecule has 0 aliphatic carbocycles. The Morgan fingerprint density at radius 2 is 1.88 bits per heavy atom. The van der Waals surface area contributed by atoms with Crippen molar-refractivity contribution in [3.05, 3.63) is 35.4 Å². The van der Waals surface area contributed by atoms with Gasteiger partial charge in [-0.25, -0.2) is 0 Å². The summed E-state index contributed by atoms with van der Waals surface area (Å²) in [5.41, 5.74) is 2.01. The van der Waals surface area contributed by atoms with Crippen LogP contribution < -0.4 is 5.32 Å². The predicted octanol–water partition coefficient (Wildman–Crippen LogP) is 3.17. The van der Waals surface area contributed by atoms with Crippen LogP contribution in [0.15, 0.2) is 24.3 Å². The Morgan fingerprint density at radius 3 is 2.38 bits per heavy atom. The van der Waals surface area contributed by atoms with Gasteiger partial charge in [-0.1, -0.05) is 32.4 Å². The van der Waals surface area contributed by atoms with Crippen molar-refractivity contribution < 1.29 is 4.79 Å². The average Bonchev–Trinajstić information content (AvgIpc) is 2.29. The van der Waals surface area contributed by atoms with E-state index in [1.807, 2.05) is 31.2 Å². The standard InChI is InChI=1S/C14H21NO/c1-4-6-11(3)15-14(16)13-9-7-12(5-2)8-10-13/h7-11H,4-6H2,1-3H3,(H,15,16)/t11-/m1/s1. The third-order valence-electron chi connectivity index (χ3n) is 2.72. The van der Waals surface area contributed by atoms with Gasteiger partial charge in [0.25, 0.3) is 5.91 Å². The highest BCUT2D eigenvalue weighted by Crippen LogP contribution is 2.06. The minimum absolute atomic E-state index is 0.0311. The number of aryl methyl sites for hydroxylation is 1. The Morgan fingerprint density at radius 1 is 1.25 bits per heavy atom. The lowest BCUT2D eigenvalue weighted by molar-refractivity contribution is 0.0938. The summed E-state index contributed by atoms with van der Waals surface area (Å²) in [6, 6.07) is 8.07. The number of carbonyl (C=O) groups excluding carboxylic acids is 1. The zero-order chi connectivity index (χ0) is 12.0. The summed E-state index contributed by atoms with van der Waals surface area (Å²) in [7, 11) is 0. The molecular formula is C14H21NO. The summed E-state index contributed by atoms with van der Waals surface area (Å²) in [5, 5.41) is 3.00. The maximum atomic E-state index is 11.8. The highest BCUT2D eigenvalue weighted by Gasteiger charge is 2.08. The van der Waals surface area contributed by atoms with Crippen molar-refractivity contribution >= 4 is 5.91 Å². The van der Waals surface area contributed by atoms with E-state index in [1.54, 1.807) is 0 Å². The molecule has 0 fully saturated rings. The van der Waals surface area contributed by atoms with Crippen molar-refractivity contribution in [3.63, 3.8) is 0 Å². The summed E-state index contributed by atoms with van der Waals surface area (Å²) in [4.78, 5) is 11.8. The Hall–Kier alpha value is -1.31. The monoisotopic (exact) mass is 219 g/mol. The van der Waals surface area contributed by atoms with E-state index >= 15 is 0 Å². The molecule has 0 saturated carbocycles. The van der Waals surface area contributed by atoms with Crippen LogP contribution in [0.4, 0.5) is 0 Å². The smallest absolute Gasteiger partial charge is 0.251 e. The van der Waals surface area contributed by atoms with Crippen LogP contribution in [0, 0.1) is 0 Å². The van der Waals surface area contributed by atoms with Crippen LogP contribution in [0.2, 0.25) is 0 Å². The van der Waals surface area contributed by atoms with Crippen LogP contribution in [0.5, 0.6) is 0 Å². The summed E-state index contributed by atoms with van der Waals surface area (Å²) >= 11 is 0. The Kier molecular flexibility index (Phi) is 5.03. The fraction of sp³-hybridized carbons (Fsp3) is 0.500. The molecule has 0 bridgehead atoms. The van der Waals surface area contributed by atoms with Crippen LogP contribution in [-0.2, 0) is 6.42 Å². The van der Waals surface area contributed by atoms with Gasteiger partial charge in [0, 0.05) is 11.6 Å².